The number of halogens is 3. The summed E-state index contributed by atoms with van der Waals surface area (Å²) in [5, 5.41) is 0. The molecule has 6 heteroatoms. The van der Waals surface area contributed by atoms with Crippen LogP contribution in [0.2, 0.25) is 0 Å². The molecule has 0 bridgehead atoms. The van der Waals surface area contributed by atoms with Crippen LogP contribution in [0, 0.1) is 6.92 Å². The van der Waals surface area contributed by atoms with Gasteiger partial charge in [-0.15, -0.1) is 0 Å². The topological polar surface area (TPSA) is 46.3 Å². The Morgan fingerprint density at radius 3 is 2.47 bits per heavy atom. The summed E-state index contributed by atoms with van der Waals surface area (Å²) in [6.45, 7) is 0.489. The number of nitrogens with two attached hydrogens (primary N) is 1. The average Bonchev–Trinajstić information content (AvgIpc) is 2.14. The Bertz CT molecular complexity index is 429. The van der Waals surface area contributed by atoms with Crippen LogP contribution in [-0.4, -0.2) is 30.6 Å². The van der Waals surface area contributed by atoms with Crippen LogP contribution in [0.1, 0.15) is 15.9 Å². The Morgan fingerprint density at radius 2 is 2.00 bits per heavy atom. The molecule has 17 heavy (non-hydrogen) atoms. The van der Waals surface area contributed by atoms with Gasteiger partial charge < -0.3 is 10.6 Å². The molecule has 0 aromatic heterocycles. The number of carbonyl (C=O) groups is 1. The van der Waals surface area contributed by atoms with Gasteiger partial charge in [-0.1, -0.05) is 6.07 Å². The quantitative estimate of drug-likeness (QED) is 0.813. The summed E-state index contributed by atoms with van der Waals surface area (Å²) >= 11 is 0. The van der Waals surface area contributed by atoms with E-state index in [1.807, 2.05) is 0 Å². The third-order valence-electron chi connectivity index (χ3n) is 2.20. The van der Waals surface area contributed by atoms with E-state index in [1.54, 1.807) is 19.1 Å². The van der Waals surface area contributed by atoms with Crippen molar-refractivity contribution in [1.29, 1.82) is 0 Å². The molecule has 0 radical (unpaired) electrons. The van der Waals surface area contributed by atoms with Gasteiger partial charge in [0.25, 0.3) is 5.91 Å². The lowest BCUT2D eigenvalue weighted by Crippen LogP contribution is -2.36. The highest BCUT2D eigenvalue weighted by Crippen LogP contribution is 2.19. The fourth-order valence-electron chi connectivity index (χ4n) is 1.42. The fraction of sp³-hybridized carbons (Fsp3) is 0.364. The smallest absolute Gasteiger partial charge is 0.398 e. The highest BCUT2D eigenvalue weighted by molar-refractivity contribution is 5.99. The van der Waals surface area contributed by atoms with E-state index in [0.717, 1.165) is 12.6 Å². The number of anilines is 1. The predicted octanol–water partition coefficient (Wildman–Crippen LogP) is 2.21. The number of benzene rings is 1. The number of nitrogens with zero attached hydrogens (tertiary/aromatic N) is 1. The molecule has 3 nitrogen and oxygen atoms in total. The van der Waals surface area contributed by atoms with Crippen LogP contribution in [0.15, 0.2) is 18.2 Å². The molecule has 0 aliphatic heterocycles. The van der Waals surface area contributed by atoms with Crippen LogP contribution in [-0.2, 0) is 0 Å². The van der Waals surface area contributed by atoms with Crippen LogP contribution in [0.25, 0.3) is 0 Å². The summed E-state index contributed by atoms with van der Waals surface area (Å²) in [4.78, 5) is 12.3. The lowest BCUT2D eigenvalue weighted by Gasteiger charge is -2.19. The molecule has 0 saturated heterocycles. The van der Waals surface area contributed by atoms with Crippen molar-refractivity contribution in [2.24, 2.45) is 0 Å². The van der Waals surface area contributed by atoms with E-state index >= 15 is 0 Å². The maximum absolute atomic E-state index is 12.1. The fourth-order valence-corrected chi connectivity index (χ4v) is 1.42. The normalized spacial score (nSPS) is 11.4. The van der Waals surface area contributed by atoms with Crippen molar-refractivity contribution in [3.8, 4) is 0 Å². The lowest BCUT2D eigenvalue weighted by atomic mass is 10.1. The second-order valence-electron chi connectivity index (χ2n) is 3.87. The van der Waals surface area contributed by atoms with Crippen molar-refractivity contribution in [3.05, 3.63) is 29.3 Å². The number of nitrogen functional groups attached to an aromatic ring is 1. The van der Waals surface area contributed by atoms with E-state index in [1.165, 1.54) is 6.07 Å². The van der Waals surface area contributed by atoms with Crippen molar-refractivity contribution in [3.63, 3.8) is 0 Å². The van der Waals surface area contributed by atoms with Gasteiger partial charge in [-0.25, -0.2) is 0 Å². The van der Waals surface area contributed by atoms with Gasteiger partial charge in [0.05, 0.1) is 5.56 Å². The van der Waals surface area contributed by atoms with Crippen LogP contribution in [0.5, 0.6) is 0 Å². The molecule has 94 valence electrons. The van der Waals surface area contributed by atoms with Gasteiger partial charge >= 0.3 is 6.18 Å². The molecule has 0 atom stereocenters. The Hall–Kier alpha value is -1.72. The summed E-state index contributed by atoms with van der Waals surface area (Å²) < 4.78 is 36.4. The minimum atomic E-state index is -4.41. The second-order valence-corrected chi connectivity index (χ2v) is 3.87. The summed E-state index contributed by atoms with van der Waals surface area (Å²) in [5.41, 5.74) is 6.71. The molecular weight excluding hydrogens is 233 g/mol. The number of aryl methyl sites for hydroxylation is 1. The van der Waals surface area contributed by atoms with Gasteiger partial charge in [0.2, 0.25) is 0 Å². The number of hydrogen-bond acceptors (Lipinski definition) is 2. The van der Waals surface area contributed by atoms with Gasteiger partial charge in [-0.05, 0) is 24.6 Å². The third-order valence-corrected chi connectivity index (χ3v) is 2.20. The molecule has 0 saturated carbocycles. The van der Waals surface area contributed by atoms with Gasteiger partial charge in [0.15, 0.2) is 0 Å². The monoisotopic (exact) mass is 246 g/mol. The molecule has 0 aliphatic rings. The first-order chi connectivity index (χ1) is 7.70. The first-order valence-corrected chi connectivity index (χ1v) is 4.89. The van der Waals surface area contributed by atoms with E-state index in [2.05, 4.69) is 0 Å². The zero-order valence-corrected chi connectivity index (χ0v) is 9.51. The van der Waals surface area contributed by atoms with Crippen LogP contribution in [0.4, 0.5) is 18.9 Å². The number of rotatable bonds is 2. The Labute approximate surface area is 97.0 Å². The summed E-state index contributed by atoms with van der Waals surface area (Å²) in [6.07, 6.45) is -4.41. The summed E-state index contributed by atoms with van der Waals surface area (Å²) in [5.74, 6) is -0.736. The zero-order chi connectivity index (χ0) is 13.2. The largest absolute Gasteiger partial charge is 0.406 e. The summed E-state index contributed by atoms with van der Waals surface area (Å²) in [7, 11) is 1.09. The maximum Gasteiger partial charge on any atom is 0.406 e. The minimum Gasteiger partial charge on any atom is -0.398 e. The van der Waals surface area contributed by atoms with Crippen LogP contribution in [0.3, 0.4) is 0 Å². The molecule has 0 heterocycles. The van der Waals surface area contributed by atoms with Gasteiger partial charge in [0, 0.05) is 12.7 Å². The molecule has 0 unspecified atom stereocenters. The van der Waals surface area contributed by atoms with E-state index in [9.17, 15) is 18.0 Å². The predicted molar refractivity (Wildman–Crippen MR) is 58.6 cm³/mol. The number of amides is 1. The van der Waals surface area contributed by atoms with Gasteiger partial charge in [-0.2, -0.15) is 13.2 Å². The van der Waals surface area contributed by atoms with E-state index in [4.69, 9.17) is 5.73 Å². The first-order valence-electron chi connectivity index (χ1n) is 4.89. The highest BCUT2D eigenvalue weighted by atomic mass is 19.4. The lowest BCUT2D eigenvalue weighted by molar-refractivity contribution is -0.138. The van der Waals surface area contributed by atoms with E-state index < -0.39 is 18.6 Å². The maximum atomic E-state index is 12.1. The Morgan fingerprint density at radius 1 is 1.41 bits per heavy atom. The molecule has 0 spiro atoms. The molecule has 1 rings (SSSR count). The zero-order valence-electron chi connectivity index (χ0n) is 9.51. The molecule has 1 aromatic rings. The van der Waals surface area contributed by atoms with Crippen molar-refractivity contribution in [2.45, 2.75) is 13.1 Å². The van der Waals surface area contributed by atoms with E-state index in [0.29, 0.717) is 4.90 Å². The SMILES string of the molecule is Cc1ccc(C(=O)N(C)CC(F)(F)F)c(N)c1. The van der Waals surface area contributed by atoms with Gasteiger partial charge in [0.1, 0.15) is 6.54 Å². The first kappa shape index (κ1) is 13.3. The molecule has 0 aliphatic carbocycles. The molecular formula is C11H13F3N2O. The van der Waals surface area contributed by atoms with Crippen molar-refractivity contribution in [1.82, 2.24) is 4.90 Å². The van der Waals surface area contributed by atoms with Crippen molar-refractivity contribution < 1.29 is 18.0 Å². The standard InChI is InChI=1S/C11H13F3N2O/c1-7-3-4-8(9(15)5-7)10(17)16(2)6-11(12,13)14/h3-5H,6,15H2,1-2H3. The Balaban J connectivity index is 2.89. The van der Waals surface area contributed by atoms with Crippen molar-refractivity contribution >= 4 is 11.6 Å². The second kappa shape index (κ2) is 4.65. The van der Waals surface area contributed by atoms with Crippen LogP contribution >= 0.6 is 0 Å². The Kier molecular flexibility index (Phi) is 3.65. The third kappa shape index (κ3) is 3.65. The molecule has 0 fully saturated rings. The highest BCUT2D eigenvalue weighted by Gasteiger charge is 2.31. The van der Waals surface area contributed by atoms with E-state index in [-0.39, 0.29) is 11.3 Å². The van der Waals surface area contributed by atoms with Crippen molar-refractivity contribution in [2.75, 3.05) is 19.3 Å². The average molecular weight is 246 g/mol. The number of alkyl halides is 3. The molecule has 2 N–H and O–H groups in total. The van der Waals surface area contributed by atoms with Gasteiger partial charge in [-0.3, -0.25) is 4.79 Å². The minimum absolute atomic E-state index is 0.0855. The molecule has 1 amide bonds. The number of hydrogen-bond donors (Lipinski definition) is 1. The van der Waals surface area contributed by atoms with Crippen LogP contribution < -0.4 is 5.73 Å². The summed E-state index contributed by atoms with van der Waals surface area (Å²) in [6, 6.07) is 4.61. The number of carbonyl (C=O) groups excluding carboxylic acids is 1. The molecule has 1 aromatic carbocycles.